The van der Waals surface area contributed by atoms with Crippen LogP contribution in [-0.4, -0.2) is 67.2 Å². The summed E-state index contributed by atoms with van der Waals surface area (Å²) in [6.45, 7) is 4.46. The van der Waals surface area contributed by atoms with Crippen LogP contribution in [0.5, 0.6) is 0 Å². The Bertz CT molecular complexity index is 685. The Labute approximate surface area is 154 Å². The molecule has 2 aromatic heterocycles. The van der Waals surface area contributed by atoms with Crippen LogP contribution in [0.4, 0.5) is 11.6 Å². The van der Waals surface area contributed by atoms with Crippen molar-refractivity contribution in [1.82, 2.24) is 14.9 Å². The van der Waals surface area contributed by atoms with Crippen LogP contribution in [0, 0.1) is 0 Å². The van der Waals surface area contributed by atoms with Gasteiger partial charge in [0.05, 0.1) is 5.56 Å². The Morgan fingerprint density at radius 3 is 2.65 bits per heavy atom. The molecule has 0 spiro atoms. The molecule has 7 heteroatoms. The second-order valence-electron chi connectivity index (χ2n) is 6.17. The van der Waals surface area contributed by atoms with E-state index in [0.29, 0.717) is 25.3 Å². The number of methoxy groups -OCH3 is 1. The number of hydrogen-bond acceptors (Lipinski definition) is 6. The molecule has 0 bridgehead atoms. The summed E-state index contributed by atoms with van der Waals surface area (Å²) in [5.74, 6) is 1.77. The number of hydrogen-bond donors (Lipinski definition) is 1. The molecule has 0 saturated carbocycles. The van der Waals surface area contributed by atoms with Crippen molar-refractivity contribution in [2.24, 2.45) is 0 Å². The number of nitrogens with zero attached hydrogens (tertiary/aromatic N) is 4. The number of ether oxygens (including phenoxy) is 1. The van der Waals surface area contributed by atoms with Crippen LogP contribution in [0.2, 0.25) is 0 Å². The molecule has 1 saturated heterocycles. The Hall–Kier alpha value is -2.67. The van der Waals surface area contributed by atoms with Gasteiger partial charge in [-0.15, -0.1) is 0 Å². The topological polar surface area (TPSA) is 70.6 Å². The predicted molar refractivity (Wildman–Crippen MR) is 102 cm³/mol. The van der Waals surface area contributed by atoms with Gasteiger partial charge in [-0.3, -0.25) is 4.79 Å². The molecule has 3 rings (SSSR count). The largest absolute Gasteiger partial charge is 0.385 e. The van der Waals surface area contributed by atoms with Gasteiger partial charge in [-0.1, -0.05) is 6.07 Å². The molecular formula is C19H25N5O2. The first kappa shape index (κ1) is 18.1. The van der Waals surface area contributed by atoms with Crippen molar-refractivity contribution in [3.05, 3.63) is 48.3 Å². The molecule has 0 aliphatic carbocycles. The highest BCUT2D eigenvalue weighted by Gasteiger charge is 2.22. The van der Waals surface area contributed by atoms with Gasteiger partial charge in [-0.25, -0.2) is 9.97 Å². The van der Waals surface area contributed by atoms with Gasteiger partial charge in [0.2, 0.25) is 0 Å². The zero-order valence-corrected chi connectivity index (χ0v) is 15.1. The summed E-state index contributed by atoms with van der Waals surface area (Å²) < 4.78 is 5.02. The summed E-state index contributed by atoms with van der Waals surface area (Å²) in [6.07, 6.45) is 4.36. The fraction of sp³-hybridized carbons (Fsp3) is 0.421. The van der Waals surface area contributed by atoms with E-state index in [9.17, 15) is 4.79 Å². The minimum Gasteiger partial charge on any atom is -0.385 e. The van der Waals surface area contributed by atoms with Crippen LogP contribution in [0.15, 0.2) is 42.7 Å². The summed E-state index contributed by atoms with van der Waals surface area (Å²) in [5.41, 5.74) is 0.624. The molecule has 1 aliphatic rings. The summed E-state index contributed by atoms with van der Waals surface area (Å²) in [7, 11) is 1.69. The number of aromatic nitrogens is 2. The molecule has 1 fully saturated rings. The summed E-state index contributed by atoms with van der Waals surface area (Å²) >= 11 is 0. The lowest BCUT2D eigenvalue weighted by atomic mass is 10.2. The molecule has 1 amide bonds. The minimum absolute atomic E-state index is 0.0316. The van der Waals surface area contributed by atoms with Gasteiger partial charge < -0.3 is 19.9 Å². The van der Waals surface area contributed by atoms with E-state index in [2.05, 4.69) is 20.2 Å². The van der Waals surface area contributed by atoms with Crippen molar-refractivity contribution in [2.75, 3.05) is 56.7 Å². The normalized spacial score (nSPS) is 14.3. The molecule has 0 aromatic carbocycles. The number of rotatable bonds is 7. The van der Waals surface area contributed by atoms with Crippen molar-refractivity contribution in [3.63, 3.8) is 0 Å². The fourth-order valence-corrected chi connectivity index (χ4v) is 2.92. The minimum atomic E-state index is 0.0316. The maximum atomic E-state index is 12.7. The maximum Gasteiger partial charge on any atom is 0.255 e. The molecule has 3 heterocycles. The zero-order valence-electron chi connectivity index (χ0n) is 15.1. The van der Waals surface area contributed by atoms with Gasteiger partial charge in [-0.2, -0.15) is 0 Å². The van der Waals surface area contributed by atoms with Crippen molar-refractivity contribution >= 4 is 17.5 Å². The number of piperazine rings is 1. The quantitative estimate of drug-likeness (QED) is 0.765. The van der Waals surface area contributed by atoms with Crippen LogP contribution >= 0.6 is 0 Å². The summed E-state index contributed by atoms with van der Waals surface area (Å²) in [5, 5.41) is 3.22. The van der Waals surface area contributed by atoms with Crippen LogP contribution in [-0.2, 0) is 4.74 Å². The van der Waals surface area contributed by atoms with E-state index in [1.54, 1.807) is 19.5 Å². The average Bonchev–Trinajstić information content (AvgIpc) is 2.72. The van der Waals surface area contributed by atoms with Crippen molar-refractivity contribution < 1.29 is 9.53 Å². The summed E-state index contributed by atoms with van der Waals surface area (Å²) in [4.78, 5) is 25.5. The number of carbonyl (C=O) groups excluding carboxylic acids is 1. The van der Waals surface area contributed by atoms with Crippen LogP contribution in [0.1, 0.15) is 16.8 Å². The fourth-order valence-electron chi connectivity index (χ4n) is 2.92. The SMILES string of the molecule is COCCCNc1ccc(C(=O)N2CCN(c3ccccn3)CC2)cn1. The Kier molecular flexibility index (Phi) is 6.38. The molecule has 26 heavy (non-hydrogen) atoms. The second-order valence-corrected chi connectivity index (χ2v) is 6.17. The molecule has 1 N–H and O–H groups in total. The van der Waals surface area contributed by atoms with Crippen LogP contribution in [0.3, 0.4) is 0 Å². The average molecular weight is 355 g/mol. The Balaban J connectivity index is 1.50. The first-order chi connectivity index (χ1) is 12.8. The number of carbonyl (C=O) groups is 1. The smallest absolute Gasteiger partial charge is 0.255 e. The molecule has 0 unspecified atom stereocenters. The highest BCUT2D eigenvalue weighted by Crippen LogP contribution is 2.15. The van der Waals surface area contributed by atoms with E-state index in [1.165, 1.54) is 0 Å². The second kappa shape index (κ2) is 9.15. The van der Waals surface area contributed by atoms with Crippen molar-refractivity contribution in [1.29, 1.82) is 0 Å². The number of pyridine rings is 2. The Morgan fingerprint density at radius 2 is 2.00 bits per heavy atom. The maximum absolute atomic E-state index is 12.7. The lowest BCUT2D eigenvalue weighted by molar-refractivity contribution is 0.0746. The third-order valence-corrected chi connectivity index (χ3v) is 4.38. The molecule has 1 aliphatic heterocycles. The summed E-state index contributed by atoms with van der Waals surface area (Å²) in [6, 6.07) is 9.58. The van der Waals surface area contributed by atoms with Gasteiger partial charge in [0.1, 0.15) is 11.6 Å². The van der Waals surface area contributed by atoms with E-state index in [-0.39, 0.29) is 5.91 Å². The zero-order chi connectivity index (χ0) is 18.2. The Morgan fingerprint density at radius 1 is 1.15 bits per heavy atom. The number of anilines is 2. The van der Waals surface area contributed by atoms with Gasteiger partial charge in [0.15, 0.2) is 0 Å². The molecule has 7 nitrogen and oxygen atoms in total. The van der Waals surface area contributed by atoms with E-state index < -0.39 is 0 Å². The van der Waals surface area contributed by atoms with Crippen molar-refractivity contribution in [2.45, 2.75) is 6.42 Å². The molecule has 0 atom stereocenters. The van der Waals surface area contributed by atoms with E-state index in [4.69, 9.17) is 4.74 Å². The van der Waals surface area contributed by atoms with Crippen LogP contribution in [0.25, 0.3) is 0 Å². The molecular weight excluding hydrogens is 330 g/mol. The van der Waals surface area contributed by atoms with Gasteiger partial charge in [0, 0.05) is 58.8 Å². The van der Waals surface area contributed by atoms with Gasteiger partial charge in [-0.05, 0) is 30.7 Å². The molecule has 2 aromatic rings. The third kappa shape index (κ3) is 4.70. The highest BCUT2D eigenvalue weighted by atomic mass is 16.5. The van der Waals surface area contributed by atoms with Gasteiger partial charge in [0.25, 0.3) is 5.91 Å². The monoisotopic (exact) mass is 355 g/mol. The van der Waals surface area contributed by atoms with Gasteiger partial charge >= 0.3 is 0 Å². The van der Waals surface area contributed by atoms with E-state index in [0.717, 1.165) is 37.7 Å². The highest BCUT2D eigenvalue weighted by molar-refractivity contribution is 5.94. The first-order valence-electron chi connectivity index (χ1n) is 8.92. The lowest BCUT2D eigenvalue weighted by Gasteiger charge is -2.35. The van der Waals surface area contributed by atoms with Crippen molar-refractivity contribution in [3.8, 4) is 0 Å². The van der Waals surface area contributed by atoms with E-state index in [1.807, 2.05) is 35.2 Å². The molecule has 0 radical (unpaired) electrons. The third-order valence-electron chi connectivity index (χ3n) is 4.38. The lowest BCUT2D eigenvalue weighted by Crippen LogP contribution is -2.49. The first-order valence-corrected chi connectivity index (χ1v) is 8.92. The predicted octanol–water partition coefficient (Wildman–Crippen LogP) is 1.89. The standard InChI is InChI=1S/C19H25N5O2/c1-26-14-4-9-20-17-7-6-16(15-22-17)19(25)24-12-10-23(11-13-24)18-5-2-3-8-21-18/h2-3,5-8,15H,4,9-14H2,1H3,(H,20,22). The van der Waals surface area contributed by atoms with Crippen LogP contribution < -0.4 is 10.2 Å². The molecule has 138 valence electrons. The number of amides is 1. The number of nitrogens with one attached hydrogen (secondary N) is 1. The van der Waals surface area contributed by atoms with E-state index >= 15 is 0 Å².